The first-order valence-corrected chi connectivity index (χ1v) is 9.50. The molecule has 0 bridgehead atoms. The molecule has 1 N–H and O–H groups in total. The first-order valence-electron chi connectivity index (χ1n) is 9.50. The second-order valence-corrected chi connectivity index (χ2v) is 8.36. The average molecular weight is 295 g/mol. The van der Waals surface area contributed by atoms with E-state index in [4.69, 9.17) is 0 Å². The Balaban J connectivity index is 1.84. The number of nitrogens with one attached hydrogen (secondary N) is 1. The van der Waals surface area contributed by atoms with Crippen molar-refractivity contribution in [1.29, 1.82) is 0 Å². The van der Waals surface area contributed by atoms with Gasteiger partial charge in [-0.2, -0.15) is 0 Å². The third-order valence-electron chi connectivity index (χ3n) is 5.88. The van der Waals surface area contributed by atoms with E-state index in [2.05, 4.69) is 37.9 Å². The molecule has 0 radical (unpaired) electrons. The molecular weight excluding hydrogens is 256 g/mol. The number of hydrogen-bond donors (Lipinski definition) is 1. The number of hydrogen-bond acceptors (Lipinski definition) is 2. The highest BCUT2D eigenvalue weighted by Gasteiger charge is 2.35. The van der Waals surface area contributed by atoms with Crippen molar-refractivity contribution in [3.8, 4) is 0 Å². The minimum Gasteiger partial charge on any atom is -0.314 e. The summed E-state index contributed by atoms with van der Waals surface area (Å²) >= 11 is 0. The Bertz CT molecular complexity index is 292. The van der Waals surface area contributed by atoms with E-state index in [1.54, 1.807) is 0 Å². The molecule has 0 aromatic heterocycles. The van der Waals surface area contributed by atoms with Gasteiger partial charge in [-0.15, -0.1) is 0 Å². The van der Waals surface area contributed by atoms with Gasteiger partial charge in [0, 0.05) is 12.6 Å². The molecule has 124 valence electrons. The summed E-state index contributed by atoms with van der Waals surface area (Å²) in [5, 5.41) is 3.76. The summed E-state index contributed by atoms with van der Waals surface area (Å²) < 4.78 is 0. The Hall–Kier alpha value is -0.0800. The Labute approximate surface area is 133 Å². The molecule has 2 rings (SSSR count). The van der Waals surface area contributed by atoms with Crippen LogP contribution in [0.1, 0.15) is 72.6 Å². The molecule has 0 aromatic rings. The van der Waals surface area contributed by atoms with E-state index in [1.807, 2.05) is 0 Å². The van der Waals surface area contributed by atoms with Crippen molar-refractivity contribution in [3.63, 3.8) is 0 Å². The van der Waals surface area contributed by atoms with Crippen molar-refractivity contribution < 1.29 is 0 Å². The molecule has 0 amide bonds. The van der Waals surface area contributed by atoms with Crippen LogP contribution in [0, 0.1) is 17.3 Å². The summed E-state index contributed by atoms with van der Waals surface area (Å²) in [7, 11) is 0. The van der Waals surface area contributed by atoms with E-state index in [1.165, 1.54) is 64.6 Å². The molecule has 1 heterocycles. The highest BCUT2D eigenvalue weighted by Crippen LogP contribution is 2.39. The van der Waals surface area contributed by atoms with E-state index < -0.39 is 0 Å². The van der Waals surface area contributed by atoms with E-state index in [9.17, 15) is 0 Å². The topological polar surface area (TPSA) is 15.3 Å². The predicted molar refractivity (Wildman–Crippen MR) is 92.7 cm³/mol. The van der Waals surface area contributed by atoms with Crippen molar-refractivity contribution in [2.24, 2.45) is 17.3 Å². The SMILES string of the molecule is CCCC1CCN(CC2CC(C)(C)CCC2NCC)CC1. The quantitative estimate of drug-likeness (QED) is 0.785. The van der Waals surface area contributed by atoms with Crippen LogP contribution in [0.5, 0.6) is 0 Å². The van der Waals surface area contributed by atoms with Crippen molar-refractivity contribution in [2.45, 2.75) is 78.7 Å². The van der Waals surface area contributed by atoms with Crippen LogP contribution >= 0.6 is 0 Å². The summed E-state index contributed by atoms with van der Waals surface area (Å²) in [5.41, 5.74) is 0.553. The molecule has 0 spiro atoms. The fraction of sp³-hybridized carbons (Fsp3) is 1.00. The monoisotopic (exact) mass is 294 g/mol. The van der Waals surface area contributed by atoms with Crippen LogP contribution in [-0.4, -0.2) is 37.1 Å². The van der Waals surface area contributed by atoms with Crippen molar-refractivity contribution in [1.82, 2.24) is 10.2 Å². The Morgan fingerprint density at radius 2 is 1.81 bits per heavy atom. The lowest BCUT2D eigenvalue weighted by atomic mass is 9.69. The molecule has 2 heteroatoms. The first kappa shape index (κ1) is 17.3. The molecule has 0 aromatic carbocycles. The predicted octanol–water partition coefficient (Wildman–Crippen LogP) is 4.30. The molecule has 2 unspecified atom stereocenters. The standard InChI is InChI=1S/C19H38N2/c1-5-7-16-9-12-21(13-10-16)15-17-14-19(3,4)11-8-18(17)20-6-2/h16-18,20H,5-15H2,1-4H3. The van der Waals surface area contributed by atoms with Crippen LogP contribution in [0.2, 0.25) is 0 Å². The van der Waals surface area contributed by atoms with Gasteiger partial charge in [0.2, 0.25) is 0 Å². The van der Waals surface area contributed by atoms with Gasteiger partial charge in [0.1, 0.15) is 0 Å². The highest BCUT2D eigenvalue weighted by molar-refractivity contribution is 4.90. The summed E-state index contributed by atoms with van der Waals surface area (Å²) in [6.07, 6.45) is 9.86. The van der Waals surface area contributed by atoms with Crippen molar-refractivity contribution >= 4 is 0 Å². The van der Waals surface area contributed by atoms with Gasteiger partial charge in [-0.1, -0.05) is 40.5 Å². The number of rotatable bonds is 6. The Kier molecular flexibility index (Phi) is 6.55. The summed E-state index contributed by atoms with van der Waals surface area (Å²) in [6, 6.07) is 0.761. The molecule has 2 atom stereocenters. The van der Waals surface area contributed by atoms with Crippen LogP contribution in [0.25, 0.3) is 0 Å². The smallest absolute Gasteiger partial charge is 0.0108 e. The maximum atomic E-state index is 3.76. The maximum Gasteiger partial charge on any atom is 0.0108 e. The van der Waals surface area contributed by atoms with Gasteiger partial charge in [0.15, 0.2) is 0 Å². The molecule has 1 aliphatic carbocycles. The summed E-state index contributed by atoms with van der Waals surface area (Å²) in [6.45, 7) is 14.7. The zero-order valence-electron chi connectivity index (χ0n) is 15.0. The zero-order valence-corrected chi connectivity index (χ0v) is 15.0. The normalized spacial score (nSPS) is 31.4. The molecule has 1 aliphatic heterocycles. The first-order chi connectivity index (χ1) is 10.0. The highest BCUT2D eigenvalue weighted by atomic mass is 15.1. The zero-order chi connectivity index (χ0) is 15.3. The third kappa shape index (κ3) is 5.25. The maximum absolute atomic E-state index is 3.76. The van der Waals surface area contributed by atoms with Gasteiger partial charge in [-0.05, 0) is 69.0 Å². The van der Waals surface area contributed by atoms with Gasteiger partial charge >= 0.3 is 0 Å². The summed E-state index contributed by atoms with van der Waals surface area (Å²) in [4.78, 5) is 2.77. The van der Waals surface area contributed by atoms with Crippen LogP contribution in [0.3, 0.4) is 0 Å². The summed E-state index contributed by atoms with van der Waals surface area (Å²) in [5.74, 6) is 1.87. The fourth-order valence-electron chi connectivity index (χ4n) is 4.66. The van der Waals surface area contributed by atoms with Gasteiger partial charge < -0.3 is 10.2 Å². The number of likely N-dealkylation sites (tertiary alicyclic amines) is 1. The van der Waals surface area contributed by atoms with Crippen LogP contribution in [-0.2, 0) is 0 Å². The van der Waals surface area contributed by atoms with Crippen LogP contribution in [0.15, 0.2) is 0 Å². The van der Waals surface area contributed by atoms with Gasteiger partial charge in [0.25, 0.3) is 0 Å². The molecule has 2 nitrogen and oxygen atoms in total. The third-order valence-corrected chi connectivity index (χ3v) is 5.88. The van der Waals surface area contributed by atoms with Gasteiger partial charge in [0.05, 0.1) is 0 Å². The number of nitrogens with zero attached hydrogens (tertiary/aromatic N) is 1. The second kappa shape index (κ2) is 7.97. The Morgan fingerprint density at radius 1 is 1.10 bits per heavy atom. The lowest BCUT2D eigenvalue weighted by Gasteiger charge is -2.44. The molecular formula is C19H38N2. The Morgan fingerprint density at radius 3 is 2.43 bits per heavy atom. The molecule has 21 heavy (non-hydrogen) atoms. The minimum atomic E-state index is 0.553. The van der Waals surface area contributed by atoms with E-state index in [0.717, 1.165) is 24.4 Å². The van der Waals surface area contributed by atoms with Gasteiger partial charge in [-0.3, -0.25) is 0 Å². The largest absolute Gasteiger partial charge is 0.314 e. The van der Waals surface area contributed by atoms with Gasteiger partial charge in [-0.25, -0.2) is 0 Å². The van der Waals surface area contributed by atoms with E-state index in [-0.39, 0.29) is 0 Å². The fourth-order valence-corrected chi connectivity index (χ4v) is 4.66. The van der Waals surface area contributed by atoms with Crippen LogP contribution < -0.4 is 5.32 Å². The van der Waals surface area contributed by atoms with E-state index >= 15 is 0 Å². The molecule has 2 fully saturated rings. The average Bonchev–Trinajstić information content (AvgIpc) is 2.44. The lowest BCUT2D eigenvalue weighted by Crippen LogP contribution is -2.48. The molecule has 1 saturated heterocycles. The molecule has 1 saturated carbocycles. The van der Waals surface area contributed by atoms with Crippen molar-refractivity contribution in [2.75, 3.05) is 26.2 Å². The molecule has 2 aliphatic rings. The van der Waals surface area contributed by atoms with E-state index in [0.29, 0.717) is 5.41 Å². The van der Waals surface area contributed by atoms with Crippen LogP contribution in [0.4, 0.5) is 0 Å². The second-order valence-electron chi connectivity index (χ2n) is 8.36. The number of piperidine rings is 1. The lowest BCUT2D eigenvalue weighted by molar-refractivity contribution is 0.0827. The van der Waals surface area contributed by atoms with Crippen molar-refractivity contribution in [3.05, 3.63) is 0 Å². The minimum absolute atomic E-state index is 0.553.